The summed E-state index contributed by atoms with van der Waals surface area (Å²) in [7, 11) is 0. The largest absolute Gasteiger partial charge is 0.481 e. The minimum absolute atomic E-state index is 0.0613. The lowest BCUT2D eigenvalue weighted by molar-refractivity contribution is -0.138. The quantitative estimate of drug-likeness (QED) is 0.562. The van der Waals surface area contributed by atoms with Gasteiger partial charge >= 0.3 is 12.0 Å². The summed E-state index contributed by atoms with van der Waals surface area (Å²) in [6.45, 7) is 3.97. The lowest BCUT2D eigenvalue weighted by atomic mass is 9.93. The highest BCUT2D eigenvalue weighted by Crippen LogP contribution is 2.32. The first-order valence-corrected chi connectivity index (χ1v) is 7.40. The molecular weight excluding hydrogens is 274 g/mol. The number of hydrogen-bond acceptors (Lipinski definition) is 3. The molecule has 0 saturated heterocycles. The Labute approximate surface area is 124 Å². The SMILES string of the molecule is CC(C)NC(=O)CCNC(=O)NC1(CC(=O)O)CCCC1. The highest BCUT2D eigenvalue weighted by Gasteiger charge is 2.37. The zero-order valence-electron chi connectivity index (χ0n) is 12.7. The number of rotatable bonds is 7. The molecule has 7 heteroatoms. The minimum Gasteiger partial charge on any atom is -0.481 e. The van der Waals surface area contributed by atoms with Crippen LogP contribution in [0.1, 0.15) is 52.4 Å². The van der Waals surface area contributed by atoms with Gasteiger partial charge < -0.3 is 21.1 Å². The molecule has 4 N–H and O–H groups in total. The summed E-state index contributed by atoms with van der Waals surface area (Å²) >= 11 is 0. The van der Waals surface area contributed by atoms with E-state index < -0.39 is 17.5 Å². The Bertz CT molecular complexity index is 390. The van der Waals surface area contributed by atoms with Crippen LogP contribution in [0.4, 0.5) is 4.79 Å². The molecule has 1 aliphatic carbocycles. The lowest BCUT2D eigenvalue weighted by Crippen LogP contribution is -2.52. The fraction of sp³-hybridized carbons (Fsp3) is 0.786. The second-order valence-corrected chi connectivity index (χ2v) is 5.91. The van der Waals surface area contributed by atoms with E-state index >= 15 is 0 Å². The van der Waals surface area contributed by atoms with Gasteiger partial charge in [-0.1, -0.05) is 12.8 Å². The van der Waals surface area contributed by atoms with Crippen LogP contribution in [0.2, 0.25) is 0 Å². The van der Waals surface area contributed by atoms with Crippen molar-refractivity contribution in [2.45, 2.75) is 64.0 Å². The number of carboxylic acids is 1. The fourth-order valence-electron chi connectivity index (χ4n) is 2.66. The number of carbonyl (C=O) groups is 3. The van der Waals surface area contributed by atoms with E-state index in [4.69, 9.17) is 5.11 Å². The molecule has 0 atom stereocenters. The van der Waals surface area contributed by atoms with Crippen molar-refractivity contribution in [2.75, 3.05) is 6.54 Å². The summed E-state index contributed by atoms with van der Waals surface area (Å²) in [6, 6.07) is -0.334. The highest BCUT2D eigenvalue weighted by atomic mass is 16.4. The van der Waals surface area contributed by atoms with Crippen LogP contribution >= 0.6 is 0 Å². The number of aliphatic carboxylic acids is 1. The maximum atomic E-state index is 11.8. The van der Waals surface area contributed by atoms with Gasteiger partial charge in [0.05, 0.1) is 12.0 Å². The lowest BCUT2D eigenvalue weighted by Gasteiger charge is -2.28. The number of carboxylic acid groups (broad SMARTS) is 1. The molecule has 7 nitrogen and oxygen atoms in total. The van der Waals surface area contributed by atoms with Crippen LogP contribution in [0.25, 0.3) is 0 Å². The molecule has 120 valence electrons. The van der Waals surface area contributed by atoms with E-state index in [1.807, 2.05) is 13.8 Å². The van der Waals surface area contributed by atoms with Crippen molar-refractivity contribution in [3.05, 3.63) is 0 Å². The zero-order valence-corrected chi connectivity index (χ0v) is 12.7. The first-order valence-electron chi connectivity index (χ1n) is 7.40. The van der Waals surface area contributed by atoms with Gasteiger partial charge in [0, 0.05) is 19.0 Å². The average Bonchev–Trinajstić information content (AvgIpc) is 2.74. The van der Waals surface area contributed by atoms with Crippen molar-refractivity contribution in [2.24, 2.45) is 0 Å². The Kier molecular flexibility index (Phi) is 6.45. The van der Waals surface area contributed by atoms with Crippen LogP contribution in [-0.2, 0) is 9.59 Å². The third-order valence-corrected chi connectivity index (χ3v) is 3.52. The van der Waals surface area contributed by atoms with Crippen molar-refractivity contribution in [3.63, 3.8) is 0 Å². The van der Waals surface area contributed by atoms with Crippen LogP contribution < -0.4 is 16.0 Å². The number of amides is 3. The molecule has 0 aromatic carbocycles. The summed E-state index contributed by atoms with van der Waals surface area (Å²) in [5.74, 6) is -1.03. The van der Waals surface area contributed by atoms with E-state index in [0.29, 0.717) is 12.8 Å². The summed E-state index contributed by atoms with van der Waals surface area (Å²) < 4.78 is 0. The number of urea groups is 1. The third-order valence-electron chi connectivity index (χ3n) is 3.52. The first kappa shape index (κ1) is 17.3. The van der Waals surface area contributed by atoms with Gasteiger partial charge in [-0.15, -0.1) is 0 Å². The third kappa shape index (κ3) is 6.46. The molecule has 1 fully saturated rings. The van der Waals surface area contributed by atoms with Crippen LogP contribution in [0.5, 0.6) is 0 Å². The summed E-state index contributed by atoms with van der Waals surface area (Å²) in [5.41, 5.74) is -0.643. The molecule has 0 aromatic rings. The predicted molar refractivity (Wildman–Crippen MR) is 77.9 cm³/mol. The zero-order chi connectivity index (χ0) is 15.9. The first-order chi connectivity index (χ1) is 9.83. The van der Waals surface area contributed by atoms with Gasteiger partial charge in [-0.3, -0.25) is 9.59 Å². The molecule has 1 rings (SSSR count). The van der Waals surface area contributed by atoms with E-state index in [9.17, 15) is 14.4 Å². The molecule has 0 aliphatic heterocycles. The highest BCUT2D eigenvalue weighted by molar-refractivity contribution is 5.79. The second kappa shape index (κ2) is 7.85. The van der Waals surface area contributed by atoms with Gasteiger partial charge in [0.25, 0.3) is 0 Å². The van der Waals surface area contributed by atoms with Gasteiger partial charge in [-0.05, 0) is 26.7 Å². The van der Waals surface area contributed by atoms with Crippen molar-refractivity contribution >= 4 is 17.9 Å². The Balaban J connectivity index is 2.34. The number of nitrogens with one attached hydrogen (secondary N) is 3. The molecule has 21 heavy (non-hydrogen) atoms. The Morgan fingerprint density at radius 3 is 2.33 bits per heavy atom. The van der Waals surface area contributed by atoms with Crippen LogP contribution in [0.3, 0.4) is 0 Å². The minimum atomic E-state index is -0.909. The average molecular weight is 299 g/mol. The summed E-state index contributed by atoms with van der Waals surface area (Å²) in [6.07, 6.45) is 3.35. The summed E-state index contributed by atoms with van der Waals surface area (Å²) in [5, 5.41) is 17.1. The van der Waals surface area contributed by atoms with Gasteiger partial charge in [0.15, 0.2) is 0 Å². The van der Waals surface area contributed by atoms with Gasteiger partial charge in [0.1, 0.15) is 0 Å². The number of hydrogen-bond donors (Lipinski definition) is 4. The molecular formula is C14H25N3O4. The van der Waals surface area contributed by atoms with Gasteiger partial charge in [-0.25, -0.2) is 4.79 Å². The van der Waals surface area contributed by atoms with Crippen LogP contribution in [0, 0.1) is 0 Å². The smallest absolute Gasteiger partial charge is 0.315 e. The molecule has 0 unspecified atom stereocenters. The molecule has 0 spiro atoms. The van der Waals surface area contributed by atoms with Crippen LogP contribution in [0.15, 0.2) is 0 Å². The topological polar surface area (TPSA) is 108 Å². The van der Waals surface area contributed by atoms with E-state index in [2.05, 4.69) is 16.0 Å². The van der Waals surface area contributed by atoms with Crippen molar-refractivity contribution in [1.29, 1.82) is 0 Å². The number of carbonyl (C=O) groups excluding carboxylic acids is 2. The van der Waals surface area contributed by atoms with Crippen LogP contribution in [-0.4, -0.2) is 41.1 Å². The van der Waals surface area contributed by atoms with Crippen molar-refractivity contribution in [1.82, 2.24) is 16.0 Å². The Hall–Kier alpha value is -1.79. The maximum Gasteiger partial charge on any atom is 0.315 e. The van der Waals surface area contributed by atoms with Crippen molar-refractivity contribution in [3.8, 4) is 0 Å². The molecule has 0 bridgehead atoms. The molecule has 1 saturated carbocycles. The maximum absolute atomic E-state index is 11.8. The molecule has 0 aromatic heterocycles. The second-order valence-electron chi connectivity index (χ2n) is 5.91. The molecule has 1 aliphatic rings. The molecule has 0 heterocycles. The van der Waals surface area contributed by atoms with Crippen molar-refractivity contribution < 1.29 is 19.5 Å². The Morgan fingerprint density at radius 2 is 1.81 bits per heavy atom. The van der Waals surface area contributed by atoms with E-state index in [1.165, 1.54) is 0 Å². The van der Waals surface area contributed by atoms with Gasteiger partial charge in [0.2, 0.25) is 5.91 Å². The fourth-order valence-corrected chi connectivity index (χ4v) is 2.66. The molecule has 3 amide bonds. The Morgan fingerprint density at radius 1 is 1.19 bits per heavy atom. The van der Waals surface area contributed by atoms with E-state index in [-0.39, 0.29) is 31.3 Å². The van der Waals surface area contributed by atoms with E-state index in [1.54, 1.807) is 0 Å². The monoisotopic (exact) mass is 299 g/mol. The standard InChI is InChI=1S/C14H25N3O4/c1-10(2)16-11(18)5-8-15-13(21)17-14(9-12(19)20)6-3-4-7-14/h10H,3-9H2,1-2H3,(H,16,18)(H,19,20)(H2,15,17,21). The summed E-state index contributed by atoms with van der Waals surface area (Å²) in [4.78, 5) is 34.2. The van der Waals surface area contributed by atoms with E-state index in [0.717, 1.165) is 12.8 Å². The van der Waals surface area contributed by atoms with Gasteiger partial charge in [-0.2, -0.15) is 0 Å². The normalized spacial score (nSPS) is 16.5. The molecule has 0 radical (unpaired) electrons. The predicted octanol–water partition coefficient (Wildman–Crippen LogP) is 0.988.